The summed E-state index contributed by atoms with van der Waals surface area (Å²) in [6.07, 6.45) is 20.4. The lowest BCUT2D eigenvalue weighted by Crippen LogP contribution is -2.12. The molecule has 1 heteroatoms. The molecule has 0 saturated carbocycles. The predicted molar refractivity (Wildman–Crippen MR) is 88.8 cm³/mol. The first kappa shape index (κ1) is 18.7. The van der Waals surface area contributed by atoms with Crippen LogP contribution < -0.4 is 0 Å². The van der Waals surface area contributed by atoms with Crippen LogP contribution in [-0.2, 0) is 0 Å². The van der Waals surface area contributed by atoms with Gasteiger partial charge in [0.2, 0.25) is 0 Å². The maximum absolute atomic E-state index is 3.76. The zero-order valence-corrected chi connectivity index (χ0v) is 13.6. The zero-order chi connectivity index (χ0) is 14.2. The van der Waals surface area contributed by atoms with Gasteiger partial charge in [-0.3, -0.25) is 0 Å². The lowest BCUT2D eigenvalue weighted by atomic mass is 10.0. The monoisotopic (exact) mass is 267 g/mol. The van der Waals surface area contributed by atoms with Crippen LogP contribution in [0.3, 0.4) is 0 Å². The molecule has 19 heavy (non-hydrogen) atoms. The molecule has 0 spiro atoms. The van der Waals surface area contributed by atoms with Gasteiger partial charge in [-0.1, -0.05) is 70.3 Å². The Hall–Kier alpha value is -0.300. The highest BCUT2D eigenvalue weighted by atomic mass is 15.0. The first-order valence-corrected chi connectivity index (χ1v) is 8.53. The van der Waals surface area contributed by atoms with E-state index in [1.54, 1.807) is 0 Å². The molecule has 1 nitrogen and oxygen atoms in total. The summed E-state index contributed by atoms with van der Waals surface area (Å²) in [7, 11) is 4.33. The Bertz CT molecular complexity index is 175. The third-order valence-electron chi connectivity index (χ3n) is 3.76. The van der Waals surface area contributed by atoms with Crippen LogP contribution in [0.4, 0.5) is 0 Å². The molecule has 0 aromatic heterocycles. The quantitative estimate of drug-likeness (QED) is 0.267. The predicted octanol–water partition coefficient (Wildman–Crippen LogP) is 5.81. The summed E-state index contributed by atoms with van der Waals surface area (Å²) in [5.41, 5.74) is 0. The van der Waals surface area contributed by atoms with Crippen LogP contribution in [-0.4, -0.2) is 25.5 Å². The molecule has 0 fully saturated rings. The Morgan fingerprint density at radius 1 is 0.632 bits per heavy atom. The van der Waals surface area contributed by atoms with E-state index >= 15 is 0 Å². The minimum Gasteiger partial charge on any atom is -0.309 e. The van der Waals surface area contributed by atoms with Crippen molar-refractivity contribution in [2.24, 2.45) is 0 Å². The molecule has 0 saturated heterocycles. The molecule has 0 aliphatic carbocycles. The molecule has 0 heterocycles. The largest absolute Gasteiger partial charge is 0.309 e. The maximum Gasteiger partial charge on any atom is -0.00248 e. The minimum absolute atomic E-state index is 1.20. The molecule has 0 aromatic rings. The van der Waals surface area contributed by atoms with Gasteiger partial charge in [0, 0.05) is 0 Å². The zero-order valence-electron chi connectivity index (χ0n) is 13.6. The van der Waals surface area contributed by atoms with Crippen molar-refractivity contribution in [3.8, 4) is 0 Å². The van der Waals surface area contributed by atoms with Crippen molar-refractivity contribution in [3.05, 3.63) is 12.7 Å². The van der Waals surface area contributed by atoms with E-state index < -0.39 is 0 Å². The fraction of sp³-hybridized carbons (Fsp3) is 0.889. The Balaban J connectivity index is 2.93. The summed E-state index contributed by atoms with van der Waals surface area (Å²) in [5, 5.41) is 0. The molecule has 0 rings (SSSR count). The van der Waals surface area contributed by atoms with Gasteiger partial charge in [0.05, 0.1) is 0 Å². The van der Waals surface area contributed by atoms with Gasteiger partial charge in [-0.15, -0.1) is 6.58 Å². The Morgan fingerprint density at radius 2 is 1.00 bits per heavy atom. The van der Waals surface area contributed by atoms with Crippen molar-refractivity contribution in [3.63, 3.8) is 0 Å². The van der Waals surface area contributed by atoms with Crippen molar-refractivity contribution >= 4 is 0 Å². The molecule has 0 aromatic carbocycles. The molecule has 0 radical (unpaired) electrons. The van der Waals surface area contributed by atoms with E-state index in [9.17, 15) is 0 Å². The average Bonchev–Trinajstić information content (AvgIpc) is 2.39. The molecule has 0 atom stereocenters. The van der Waals surface area contributed by atoms with Crippen molar-refractivity contribution in [2.75, 3.05) is 20.6 Å². The fourth-order valence-electron chi connectivity index (χ4n) is 2.48. The van der Waals surface area contributed by atoms with Crippen LogP contribution in [0.5, 0.6) is 0 Å². The van der Waals surface area contributed by atoms with Gasteiger partial charge in [0.25, 0.3) is 0 Å². The highest BCUT2D eigenvalue weighted by Crippen LogP contribution is 2.12. The molecule has 114 valence electrons. The normalized spacial score (nSPS) is 11.1. The molecule has 0 N–H and O–H groups in total. The highest BCUT2D eigenvalue weighted by molar-refractivity contribution is 4.65. The van der Waals surface area contributed by atoms with E-state index in [4.69, 9.17) is 0 Å². The Labute approximate surface area is 122 Å². The van der Waals surface area contributed by atoms with Crippen molar-refractivity contribution < 1.29 is 0 Å². The second-order valence-electron chi connectivity index (χ2n) is 6.12. The molecular formula is C18H37N. The third-order valence-corrected chi connectivity index (χ3v) is 3.76. The number of nitrogens with zero attached hydrogens (tertiary/aromatic N) is 1. The maximum atomic E-state index is 3.76. The lowest BCUT2D eigenvalue weighted by molar-refractivity contribution is 0.389. The molecule has 0 aliphatic heterocycles. The molecule has 0 unspecified atom stereocenters. The number of rotatable bonds is 15. The van der Waals surface area contributed by atoms with Gasteiger partial charge in [-0.2, -0.15) is 0 Å². The van der Waals surface area contributed by atoms with E-state index in [1.165, 1.54) is 90.0 Å². The number of hydrogen-bond acceptors (Lipinski definition) is 1. The first-order chi connectivity index (χ1) is 9.27. The minimum atomic E-state index is 1.20. The average molecular weight is 268 g/mol. The summed E-state index contributed by atoms with van der Waals surface area (Å²) in [6.45, 7) is 5.02. The standard InChI is InChI=1S/C18H37N/c1-4-5-6-7-8-9-10-11-12-13-14-15-16-17-18-19(2)3/h4H,1,5-18H2,2-3H3. The second kappa shape index (κ2) is 15.8. The van der Waals surface area contributed by atoms with Crippen LogP contribution in [0.15, 0.2) is 12.7 Å². The molecule has 0 aliphatic rings. The van der Waals surface area contributed by atoms with Gasteiger partial charge in [0.1, 0.15) is 0 Å². The van der Waals surface area contributed by atoms with Gasteiger partial charge in [-0.25, -0.2) is 0 Å². The van der Waals surface area contributed by atoms with Crippen LogP contribution in [0.25, 0.3) is 0 Å². The van der Waals surface area contributed by atoms with Crippen molar-refractivity contribution in [1.82, 2.24) is 4.90 Å². The summed E-state index contributed by atoms with van der Waals surface area (Å²) < 4.78 is 0. The summed E-state index contributed by atoms with van der Waals surface area (Å²) in [5.74, 6) is 0. The van der Waals surface area contributed by atoms with E-state index in [0.717, 1.165) is 0 Å². The molecule has 0 amide bonds. The summed E-state index contributed by atoms with van der Waals surface area (Å²) in [6, 6.07) is 0. The summed E-state index contributed by atoms with van der Waals surface area (Å²) in [4.78, 5) is 2.29. The topological polar surface area (TPSA) is 3.24 Å². The number of unbranched alkanes of at least 4 members (excludes halogenated alkanes) is 12. The molecule has 0 bridgehead atoms. The van der Waals surface area contributed by atoms with Gasteiger partial charge < -0.3 is 4.90 Å². The van der Waals surface area contributed by atoms with Gasteiger partial charge in [0.15, 0.2) is 0 Å². The van der Waals surface area contributed by atoms with Crippen LogP contribution in [0, 0.1) is 0 Å². The van der Waals surface area contributed by atoms with Gasteiger partial charge in [-0.05, 0) is 39.9 Å². The second-order valence-corrected chi connectivity index (χ2v) is 6.12. The van der Waals surface area contributed by atoms with Crippen molar-refractivity contribution in [1.29, 1.82) is 0 Å². The molecular weight excluding hydrogens is 230 g/mol. The van der Waals surface area contributed by atoms with E-state index in [2.05, 4.69) is 25.6 Å². The number of hydrogen-bond donors (Lipinski definition) is 0. The van der Waals surface area contributed by atoms with Crippen molar-refractivity contribution in [2.45, 2.75) is 83.5 Å². The SMILES string of the molecule is C=CCCCCCCCCCCCCCCN(C)C. The summed E-state index contributed by atoms with van der Waals surface area (Å²) >= 11 is 0. The van der Waals surface area contributed by atoms with Crippen LogP contribution >= 0.6 is 0 Å². The van der Waals surface area contributed by atoms with E-state index in [-0.39, 0.29) is 0 Å². The Morgan fingerprint density at radius 3 is 1.37 bits per heavy atom. The van der Waals surface area contributed by atoms with Crippen LogP contribution in [0.2, 0.25) is 0 Å². The fourth-order valence-corrected chi connectivity index (χ4v) is 2.48. The van der Waals surface area contributed by atoms with E-state index in [1.807, 2.05) is 6.08 Å². The van der Waals surface area contributed by atoms with Gasteiger partial charge >= 0.3 is 0 Å². The first-order valence-electron chi connectivity index (χ1n) is 8.53. The lowest BCUT2D eigenvalue weighted by Gasteiger charge is -2.08. The van der Waals surface area contributed by atoms with Crippen LogP contribution in [0.1, 0.15) is 83.5 Å². The third kappa shape index (κ3) is 17.7. The Kier molecular flexibility index (Phi) is 15.5. The number of allylic oxidation sites excluding steroid dienone is 1. The smallest absolute Gasteiger partial charge is 0.00248 e. The highest BCUT2D eigenvalue weighted by Gasteiger charge is 1.94. The van der Waals surface area contributed by atoms with E-state index in [0.29, 0.717) is 0 Å².